The number of aryl methyl sites for hydroxylation is 1. The number of likely N-dealkylation sites (N-methyl/N-ethyl adjacent to an activating group) is 1. The lowest BCUT2D eigenvalue weighted by molar-refractivity contribution is -0.129. The molecule has 1 N–H and O–H groups in total. The van der Waals surface area contributed by atoms with Gasteiger partial charge in [0.25, 0.3) is 11.8 Å². The zero-order chi connectivity index (χ0) is 19.7. The van der Waals surface area contributed by atoms with Crippen LogP contribution in [0.25, 0.3) is 0 Å². The number of allylic oxidation sites excluding steroid dienone is 2. The van der Waals surface area contributed by atoms with Gasteiger partial charge in [0, 0.05) is 18.9 Å². The smallest absolute Gasteiger partial charge is 0.287 e. The average molecular weight is 382 g/mol. The predicted octanol–water partition coefficient (Wildman–Crippen LogP) is 1.63. The summed E-state index contributed by atoms with van der Waals surface area (Å²) in [5, 5.41) is 6.93. The summed E-state index contributed by atoms with van der Waals surface area (Å²) in [5.74, 6) is 0.0966. The normalized spacial score (nSPS) is 21.9. The van der Waals surface area contributed by atoms with Crippen molar-refractivity contribution in [2.24, 2.45) is 0 Å². The first-order valence-corrected chi connectivity index (χ1v) is 9.16. The van der Waals surface area contributed by atoms with Gasteiger partial charge in [0.2, 0.25) is 0 Å². The molecule has 28 heavy (non-hydrogen) atoms. The summed E-state index contributed by atoms with van der Waals surface area (Å²) in [6.07, 6.45) is 9.95. The topological polar surface area (TPSA) is 89.6 Å². The van der Waals surface area contributed by atoms with Crippen molar-refractivity contribution in [1.29, 1.82) is 0 Å². The lowest BCUT2D eigenvalue weighted by atomic mass is 10.1. The Balaban J connectivity index is 1.42. The van der Waals surface area contributed by atoms with Crippen LogP contribution in [0.1, 0.15) is 28.3 Å². The Bertz CT molecular complexity index is 955. The van der Waals surface area contributed by atoms with E-state index in [0.717, 1.165) is 11.3 Å². The monoisotopic (exact) mass is 382 g/mol. The van der Waals surface area contributed by atoms with Crippen LogP contribution in [0, 0.1) is 6.92 Å². The molecule has 2 amide bonds. The van der Waals surface area contributed by atoms with Crippen LogP contribution in [0.15, 0.2) is 52.9 Å². The van der Waals surface area contributed by atoms with Gasteiger partial charge in [0.15, 0.2) is 5.76 Å². The van der Waals surface area contributed by atoms with Crippen LogP contribution in [0.4, 0.5) is 0 Å². The van der Waals surface area contributed by atoms with Gasteiger partial charge >= 0.3 is 0 Å². The maximum absolute atomic E-state index is 12.7. The number of nitrogens with one attached hydrogen (secondary N) is 1. The van der Waals surface area contributed by atoms with Crippen molar-refractivity contribution in [3.8, 4) is 0 Å². The van der Waals surface area contributed by atoms with Crippen LogP contribution < -0.4 is 5.32 Å². The van der Waals surface area contributed by atoms with Crippen molar-refractivity contribution >= 4 is 11.8 Å². The van der Waals surface area contributed by atoms with E-state index in [-0.39, 0.29) is 24.4 Å². The molecule has 8 nitrogen and oxygen atoms in total. The van der Waals surface area contributed by atoms with Crippen molar-refractivity contribution < 1.29 is 18.7 Å². The van der Waals surface area contributed by atoms with Gasteiger partial charge in [-0.05, 0) is 37.1 Å². The van der Waals surface area contributed by atoms with Crippen LogP contribution in [-0.4, -0.2) is 52.3 Å². The fraction of sp³-hybridized carbons (Fsp3) is 0.350. The van der Waals surface area contributed by atoms with Crippen molar-refractivity contribution in [1.82, 2.24) is 20.0 Å². The Morgan fingerprint density at radius 3 is 3.04 bits per heavy atom. The van der Waals surface area contributed by atoms with Crippen molar-refractivity contribution in [2.45, 2.75) is 32.0 Å². The van der Waals surface area contributed by atoms with Crippen molar-refractivity contribution in [3.63, 3.8) is 0 Å². The zero-order valence-corrected chi connectivity index (χ0v) is 15.8. The molecule has 0 aromatic carbocycles. The van der Waals surface area contributed by atoms with E-state index in [2.05, 4.69) is 10.4 Å². The van der Waals surface area contributed by atoms with E-state index < -0.39 is 11.9 Å². The molecule has 1 aliphatic heterocycles. The number of nitrogens with zero attached hydrogens (tertiary/aromatic N) is 3. The van der Waals surface area contributed by atoms with E-state index in [9.17, 15) is 9.59 Å². The molecule has 1 fully saturated rings. The molecule has 0 bridgehead atoms. The average Bonchev–Trinajstić information content (AvgIpc) is 3.30. The maximum atomic E-state index is 12.7. The molecule has 0 spiro atoms. The number of aromatic nitrogens is 2. The summed E-state index contributed by atoms with van der Waals surface area (Å²) in [6.45, 7) is 2.50. The number of carbonyl (C=O) groups excluding carboxylic acids is 2. The van der Waals surface area contributed by atoms with Gasteiger partial charge in [-0.2, -0.15) is 5.10 Å². The Hall–Kier alpha value is -3.13. The molecule has 146 valence electrons. The molecular formula is C20H22N4O4. The van der Waals surface area contributed by atoms with E-state index in [1.54, 1.807) is 35.0 Å². The minimum Gasteiger partial charge on any atom is -0.454 e. The number of hydrogen-bond donors (Lipinski definition) is 1. The summed E-state index contributed by atoms with van der Waals surface area (Å²) >= 11 is 0. The van der Waals surface area contributed by atoms with Gasteiger partial charge in [-0.1, -0.05) is 12.2 Å². The predicted molar refractivity (Wildman–Crippen MR) is 100 cm³/mol. The minimum atomic E-state index is -0.772. The minimum absolute atomic E-state index is 0.116. The highest BCUT2D eigenvalue weighted by atomic mass is 16.5. The molecule has 8 heteroatoms. The Labute approximate surface area is 162 Å². The number of fused-ring (bicyclic) bond motifs is 1. The van der Waals surface area contributed by atoms with Crippen LogP contribution in [0.3, 0.4) is 0 Å². The van der Waals surface area contributed by atoms with Gasteiger partial charge in [0.05, 0.1) is 19.3 Å². The number of furan rings is 1. The van der Waals surface area contributed by atoms with Crippen LogP contribution in [0.5, 0.6) is 0 Å². The van der Waals surface area contributed by atoms with E-state index in [0.29, 0.717) is 18.7 Å². The maximum Gasteiger partial charge on any atom is 0.287 e. The van der Waals surface area contributed by atoms with Gasteiger partial charge < -0.3 is 19.4 Å². The van der Waals surface area contributed by atoms with Crippen LogP contribution in [0.2, 0.25) is 0 Å². The molecule has 1 unspecified atom stereocenters. The van der Waals surface area contributed by atoms with E-state index in [4.69, 9.17) is 9.15 Å². The molecule has 0 radical (unpaired) electrons. The third-order valence-corrected chi connectivity index (χ3v) is 4.83. The van der Waals surface area contributed by atoms with Gasteiger partial charge in [-0.3, -0.25) is 14.3 Å². The molecule has 0 saturated carbocycles. The number of carbonyl (C=O) groups is 2. The molecule has 2 aliphatic rings. The lowest BCUT2D eigenvalue weighted by Gasteiger charge is -2.25. The third-order valence-electron chi connectivity index (χ3n) is 4.83. The van der Waals surface area contributed by atoms with E-state index in [1.165, 1.54) is 0 Å². The van der Waals surface area contributed by atoms with Gasteiger partial charge in [-0.15, -0.1) is 0 Å². The Kier molecular flexibility index (Phi) is 4.87. The lowest BCUT2D eigenvalue weighted by Crippen LogP contribution is -2.47. The first kappa shape index (κ1) is 18.2. The number of rotatable bonds is 4. The second kappa shape index (κ2) is 7.47. The molecular weight excluding hydrogens is 360 g/mol. The van der Waals surface area contributed by atoms with Crippen molar-refractivity contribution in [3.05, 3.63) is 65.5 Å². The molecule has 1 saturated heterocycles. The van der Waals surface area contributed by atoms with Crippen molar-refractivity contribution in [2.75, 3.05) is 13.7 Å². The molecule has 3 heterocycles. The first-order valence-electron chi connectivity index (χ1n) is 9.16. The highest BCUT2D eigenvalue weighted by Gasteiger charge is 2.34. The fourth-order valence-electron chi connectivity index (χ4n) is 3.35. The summed E-state index contributed by atoms with van der Waals surface area (Å²) in [5.41, 5.74) is 1.85. The highest BCUT2D eigenvalue weighted by Crippen LogP contribution is 2.23. The van der Waals surface area contributed by atoms with Crippen LogP contribution in [-0.2, 0) is 16.1 Å². The standard InChI is InChI=1S/C20H22N4O4/c1-13-9-21-24(10-13)11-14-7-8-18(28-14)19(25)22-15-12-27-17-6-4-3-5-16(17)23(2)20(15)26/h3-5,7-10,15,17H,6,11-12H2,1-2H3,(H,22,25)/t15-,17?/m0/s1. The highest BCUT2D eigenvalue weighted by molar-refractivity contribution is 5.96. The molecule has 2 atom stereocenters. The van der Waals surface area contributed by atoms with Gasteiger partial charge in [0.1, 0.15) is 17.9 Å². The summed E-state index contributed by atoms with van der Waals surface area (Å²) in [6, 6.07) is 2.55. The number of ether oxygens (including phenoxy) is 1. The summed E-state index contributed by atoms with van der Waals surface area (Å²) in [4.78, 5) is 26.9. The van der Waals surface area contributed by atoms with Crippen LogP contribution >= 0.6 is 0 Å². The summed E-state index contributed by atoms with van der Waals surface area (Å²) < 4.78 is 13.2. The number of hydrogen-bond acceptors (Lipinski definition) is 5. The fourth-order valence-corrected chi connectivity index (χ4v) is 3.35. The first-order chi connectivity index (χ1) is 13.5. The summed E-state index contributed by atoms with van der Waals surface area (Å²) in [7, 11) is 1.70. The van der Waals surface area contributed by atoms with E-state index >= 15 is 0 Å². The SMILES string of the molecule is Cc1cnn(Cc2ccc(C(=O)N[C@H]3COC4CC=CC=C4N(C)C3=O)o2)c1. The van der Waals surface area contributed by atoms with E-state index in [1.807, 2.05) is 31.3 Å². The Morgan fingerprint density at radius 1 is 1.39 bits per heavy atom. The Morgan fingerprint density at radius 2 is 2.25 bits per heavy atom. The molecule has 2 aromatic heterocycles. The third kappa shape index (κ3) is 3.63. The largest absolute Gasteiger partial charge is 0.454 e. The molecule has 2 aromatic rings. The second-order valence-electron chi connectivity index (χ2n) is 6.98. The molecule has 1 aliphatic carbocycles. The molecule has 4 rings (SSSR count). The quantitative estimate of drug-likeness (QED) is 0.868. The number of amides is 2. The van der Waals surface area contributed by atoms with Gasteiger partial charge in [-0.25, -0.2) is 0 Å². The second-order valence-corrected chi connectivity index (χ2v) is 6.98. The zero-order valence-electron chi connectivity index (χ0n) is 15.8.